The maximum absolute atomic E-state index is 6.08. The van der Waals surface area contributed by atoms with Gasteiger partial charge in [0.1, 0.15) is 29.4 Å². The van der Waals surface area contributed by atoms with E-state index >= 15 is 0 Å². The van der Waals surface area contributed by atoms with Gasteiger partial charge in [-0.1, -0.05) is 17.8 Å². The topological polar surface area (TPSA) is 103 Å². The van der Waals surface area contributed by atoms with Gasteiger partial charge in [0.15, 0.2) is 0 Å². The highest BCUT2D eigenvalue weighted by Crippen LogP contribution is 2.47. The number of nitrogen functional groups attached to an aromatic ring is 1. The van der Waals surface area contributed by atoms with Gasteiger partial charge in [-0.25, -0.2) is 9.97 Å². The van der Waals surface area contributed by atoms with E-state index < -0.39 is 0 Å². The molecule has 25 heavy (non-hydrogen) atoms. The molecule has 1 aliphatic rings. The number of pyridine rings is 1. The molecule has 3 N–H and O–H groups in total. The summed E-state index contributed by atoms with van der Waals surface area (Å²) >= 11 is 0. The number of rotatable bonds is 5. The van der Waals surface area contributed by atoms with Crippen molar-refractivity contribution in [2.45, 2.75) is 18.8 Å². The molecule has 0 amide bonds. The van der Waals surface area contributed by atoms with Gasteiger partial charge in [0.05, 0.1) is 16.8 Å². The molecule has 0 atom stereocenters. The van der Waals surface area contributed by atoms with Crippen molar-refractivity contribution in [1.29, 1.82) is 0 Å². The molecule has 0 saturated heterocycles. The van der Waals surface area contributed by atoms with Crippen LogP contribution in [0.3, 0.4) is 0 Å². The maximum atomic E-state index is 6.08. The Kier molecular flexibility index (Phi) is 3.68. The van der Waals surface area contributed by atoms with Crippen LogP contribution in [0.5, 0.6) is 0 Å². The van der Waals surface area contributed by atoms with Crippen molar-refractivity contribution in [3.05, 3.63) is 54.3 Å². The van der Waals surface area contributed by atoms with Crippen LogP contribution in [-0.4, -0.2) is 27.2 Å². The lowest BCUT2D eigenvalue weighted by Crippen LogP contribution is -2.05. The predicted octanol–water partition coefficient (Wildman–Crippen LogP) is 3.09. The summed E-state index contributed by atoms with van der Waals surface area (Å²) in [5.74, 6) is 2.18. The van der Waals surface area contributed by atoms with E-state index in [4.69, 9.17) is 10.3 Å². The van der Waals surface area contributed by atoms with Crippen LogP contribution in [-0.2, 0) is 0 Å². The van der Waals surface area contributed by atoms with Gasteiger partial charge in [-0.15, -0.1) is 0 Å². The minimum absolute atomic E-state index is 0.340. The van der Waals surface area contributed by atoms with Crippen LogP contribution >= 0.6 is 0 Å². The van der Waals surface area contributed by atoms with E-state index in [1.165, 1.54) is 6.33 Å². The van der Waals surface area contributed by atoms with E-state index in [-0.39, 0.29) is 0 Å². The zero-order valence-electron chi connectivity index (χ0n) is 13.9. The number of nitrogens with one attached hydrogen (secondary N) is 1. The summed E-state index contributed by atoms with van der Waals surface area (Å²) in [5.41, 5.74) is 9.62. The quantitative estimate of drug-likeness (QED) is 0.739. The normalized spacial score (nSPS) is 13.6. The van der Waals surface area contributed by atoms with Crippen LogP contribution in [0.15, 0.2) is 41.8 Å². The van der Waals surface area contributed by atoms with E-state index in [9.17, 15) is 0 Å². The van der Waals surface area contributed by atoms with Crippen molar-refractivity contribution in [3.63, 3.8) is 0 Å². The zero-order valence-corrected chi connectivity index (χ0v) is 13.9. The van der Waals surface area contributed by atoms with Gasteiger partial charge in [-0.3, -0.25) is 4.98 Å². The molecule has 3 aromatic rings. The first-order valence-electron chi connectivity index (χ1n) is 8.09. The largest absolute Gasteiger partial charge is 0.383 e. The van der Waals surface area contributed by atoms with Crippen molar-refractivity contribution in [3.8, 4) is 11.3 Å². The SMILES string of the molecule is C=C(c1noc(C2CC2)c1-c1ccccn1)c1c(N)ncnc1NC. The monoisotopic (exact) mass is 334 g/mol. The molecule has 7 heteroatoms. The van der Waals surface area contributed by atoms with Crippen LogP contribution in [0.25, 0.3) is 16.8 Å². The standard InChI is InChI=1S/C18H18N6O/c1-10(13-17(19)22-9-23-18(13)20-2)15-14(12-5-3-4-8-21-12)16(25-24-15)11-6-7-11/h3-5,8-9,11H,1,6-7H2,2H3,(H3,19,20,22,23). The van der Waals surface area contributed by atoms with Crippen LogP contribution in [0.4, 0.5) is 11.6 Å². The molecule has 7 nitrogen and oxygen atoms in total. The summed E-state index contributed by atoms with van der Waals surface area (Å²) in [5, 5.41) is 7.32. The van der Waals surface area contributed by atoms with Gasteiger partial charge in [-0.2, -0.15) is 0 Å². The predicted molar refractivity (Wildman–Crippen MR) is 95.8 cm³/mol. The van der Waals surface area contributed by atoms with Gasteiger partial charge in [0, 0.05) is 24.7 Å². The van der Waals surface area contributed by atoms with Crippen LogP contribution < -0.4 is 11.1 Å². The molecule has 0 unspecified atom stereocenters. The van der Waals surface area contributed by atoms with Crippen molar-refractivity contribution < 1.29 is 4.52 Å². The molecule has 3 heterocycles. The number of nitrogens with zero attached hydrogens (tertiary/aromatic N) is 4. The summed E-state index contributed by atoms with van der Waals surface area (Å²) in [4.78, 5) is 12.8. The molecular formula is C18H18N6O. The molecule has 0 bridgehead atoms. The average Bonchev–Trinajstić information content (AvgIpc) is 3.39. The Balaban J connectivity index is 1.88. The van der Waals surface area contributed by atoms with Crippen molar-refractivity contribution >= 4 is 17.2 Å². The fraction of sp³-hybridized carbons (Fsp3) is 0.222. The Hall–Kier alpha value is -3.22. The molecule has 3 aromatic heterocycles. The number of anilines is 2. The molecule has 0 aromatic carbocycles. The van der Waals surface area contributed by atoms with Gasteiger partial charge >= 0.3 is 0 Å². The van der Waals surface area contributed by atoms with Crippen LogP contribution in [0.2, 0.25) is 0 Å². The molecule has 1 aliphatic carbocycles. The summed E-state index contributed by atoms with van der Waals surface area (Å²) < 4.78 is 5.68. The lowest BCUT2D eigenvalue weighted by Gasteiger charge is -2.12. The zero-order chi connectivity index (χ0) is 17.4. The fourth-order valence-electron chi connectivity index (χ4n) is 2.90. The molecule has 0 aliphatic heterocycles. The number of aromatic nitrogens is 4. The van der Waals surface area contributed by atoms with E-state index in [0.717, 1.165) is 29.9 Å². The second-order valence-electron chi connectivity index (χ2n) is 5.97. The van der Waals surface area contributed by atoms with Crippen LogP contribution in [0, 0.1) is 0 Å². The Morgan fingerprint density at radius 2 is 2.12 bits per heavy atom. The molecule has 0 radical (unpaired) electrons. The third-order valence-corrected chi connectivity index (χ3v) is 4.29. The van der Waals surface area contributed by atoms with Crippen molar-refractivity contribution in [2.24, 2.45) is 0 Å². The Morgan fingerprint density at radius 1 is 1.28 bits per heavy atom. The van der Waals surface area contributed by atoms with Gasteiger partial charge < -0.3 is 15.6 Å². The minimum atomic E-state index is 0.340. The number of hydrogen-bond donors (Lipinski definition) is 2. The average molecular weight is 334 g/mol. The third-order valence-electron chi connectivity index (χ3n) is 4.29. The molecule has 126 valence electrons. The lowest BCUT2D eigenvalue weighted by molar-refractivity contribution is 0.383. The maximum Gasteiger partial charge on any atom is 0.149 e. The van der Waals surface area contributed by atoms with E-state index in [1.54, 1.807) is 13.2 Å². The van der Waals surface area contributed by atoms with Gasteiger partial charge in [0.25, 0.3) is 0 Å². The highest BCUT2D eigenvalue weighted by atomic mass is 16.5. The Labute approximate surface area is 145 Å². The fourth-order valence-corrected chi connectivity index (χ4v) is 2.90. The highest BCUT2D eigenvalue weighted by Gasteiger charge is 2.34. The van der Waals surface area contributed by atoms with E-state index in [2.05, 4.69) is 32.0 Å². The molecule has 1 fully saturated rings. The Morgan fingerprint density at radius 3 is 2.80 bits per heavy atom. The van der Waals surface area contributed by atoms with E-state index in [0.29, 0.717) is 34.4 Å². The first-order valence-corrected chi connectivity index (χ1v) is 8.09. The second kappa shape index (κ2) is 6.01. The summed E-state index contributed by atoms with van der Waals surface area (Å²) in [6.45, 7) is 4.19. The van der Waals surface area contributed by atoms with Crippen molar-refractivity contribution in [2.75, 3.05) is 18.1 Å². The van der Waals surface area contributed by atoms with Gasteiger partial charge in [0.2, 0.25) is 0 Å². The highest BCUT2D eigenvalue weighted by molar-refractivity contribution is 5.92. The lowest BCUT2D eigenvalue weighted by atomic mass is 9.97. The second-order valence-corrected chi connectivity index (χ2v) is 5.97. The molecular weight excluding hydrogens is 316 g/mol. The smallest absolute Gasteiger partial charge is 0.149 e. The van der Waals surface area contributed by atoms with Crippen molar-refractivity contribution in [1.82, 2.24) is 20.1 Å². The number of nitrogens with two attached hydrogens (primary N) is 1. The van der Waals surface area contributed by atoms with Crippen LogP contribution in [0.1, 0.15) is 35.8 Å². The Bertz CT molecular complexity index is 930. The minimum Gasteiger partial charge on any atom is -0.383 e. The molecule has 4 rings (SSSR count). The summed E-state index contributed by atoms with van der Waals surface area (Å²) in [6, 6.07) is 5.76. The first kappa shape index (κ1) is 15.3. The summed E-state index contributed by atoms with van der Waals surface area (Å²) in [6.07, 6.45) is 5.36. The summed E-state index contributed by atoms with van der Waals surface area (Å²) in [7, 11) is 1.77. The molecule has 0 spiro atoms. The third kappa shape index (κ3) is 2.63. The first-order chi connectivity index (χ1) is 12.2. The number of hydrogen-bond acceptors (Lipinski definition) is 7. The van der Waals surface area contributed by atoms with E-state index in [1.807, 2.05) is 18.2 Å². The molecule has 1 saturated carbocycles. The van der Waals surface area contributed by atoms with Gasteiger partial charge in [-0.05, 0) is 25.0 Å².